The second-order valence-corrected chi connectivity index (χ2v) is 7.29. The minimum Gasteiger partial charge on any atom is -0.348 e. The first-order valence-corrected chi connectivity index (χ1v) is 9.52. The molecule has 1 aromatic heterocycles. The number of rotatable bonds is 5. The van der Waals surface area contributed by atoms with Crippen LogP contribution in [0.5, 0.6) is 0 Å². The van der Waals surface area contributed by atoms with Crippen LogP contribution in [0.25, 0.3) is 16.9 Å². The lowest BCUT2D eigenvalue weighted by molar-refractivity contribution is 0.0931. The summed E-state index contributed by atoms with van der Waals surface area (Å²) in [6.45, 7) is 8.08. The molecule has 0 aliphatic rings. The molecule has 2 aromatic carbocycles. The maximum atomic E-state index is 12.9. The van der Waals surface area contributed by atoms with Gasteiger partial charge in [0.1, 0.15) is 5.69 Å². The lowest BCUT2D eigenvalue weighted by Crippen LogP contribution is -2.33. The summed E-state index contributed by atoms with van der Waals surface area (Å²) in [4.78, 5) is 12.9. The first-order valence-electron chi connectivity index (χ1n) is 9.14. The Bertz CT molecular complexity index is 977. The Hall–Kier alpha value is -2.59. The molecule has 3 aromatic rings. The summed E-state index contributed by atoms with van der Waals surface area (Å²) >= 11 is 6.36. The molecule has 0 radical (unpaired) electrons. The zero-order chi connectivity index (χ0) is 19.6. The maximum absolute atomic E-state index is 12.9. The molecule has 0 saturated heterocycles. The highest BCUT2D eigenvalue weighted by Gasteiger charge is 2.20. The fourth-order valence-corrected chi connectivity index (χ4v) is 3.11. The van der Waals surface area contributed by atoms with Gasteiger partial charge in [0.05, 0.1) is 16.4 Å². The van der Waals surface area contributed by atoms with E-state index in [1.54, 1.807) is 10.7 Å². The molecule has 3 rings (SSSR count). The van der Waals surface area contributed by atoms with E-state index in [0.29, 0.717) is 16.4 Å². The van der Waals surface area contributed by atoms with Crippen LogP contribution in [0.1, 0.15) is 41.9 Å². The Kier molecular flexibility index (Phi) is 5.66. The molecule has 140 valence electrons. The minimum atomic E-state index is -0.143. The Morgan fingerprint density at radius 1 is 1.19 bits per heavy atom. The van der Waals surface area contributed by atoms with E-state index in [1.165, 1.54) is 0 Å². The summed E-state index contributed by atoms with van der Waals surface area (Å²) in [6, 6.07) is 15.6. The lowest BCUT2D eigenvalue weighted by Gasteiger charge is -2.14. The van der Waals surface area contributed by atoms with Gasteiger partial charge in [-0.3, -0.25) is 4.79 Å². The van der Waals surface area contributed by atoms with E-state index >= 15 is 0 Å². The summed E-state index contributed by atoms with van der Waals surface area (Å²) < 4.78 is 1.72. The second kappa shape index (κ2) is 7.97. The van der Waals surface area contributed by atoms with Crippen LogP contribution in [0.15, 0.2) is 48.5 Å². The molecule has 1 heterocycles. The van der Waals surface area contributed by atoms with Crippen molar-refractivity contribution in [3.05, 3.63) is 70.4 Å². The minimum absolute atomic E-state index is 0.0863. The monoisotopic (exact) mass is 381 g/mol. The van der Waals surface area contributed by atoms with Crippen LogP contribution in [0, 0.1) is 13.8 Å². The quantitative estimate of drug-likeness (QED) is 0.648. The predicted octanol–water partition coefficient (Wildman–Crippen LogP) is 5.34. The van der Waals surface area contributed by atoms with Crippen LogP contribution in [0.2, 0.25) is 5.02 Å². The Balaban J connectivity index is 2.17. The maximum Gasteiger partial charge on any atom is 0.270 e. The molecule has 4 nitrogen and oxygen atoms in total. The standard InChI is InChI=1S/C22H24ClN3O/c1-5-16(4)24-22(27)21-13-19(17-8-6-7-9-18(17)23)25-26(21)20-12-14(2)10-11-15(20)3/h6-13,16H,5H2,1-4H3,(H,24,27). The van der Waals surface area contributed by atoms with Gasteiger partial charge in [-0.15, -0.1) is 0 Å². The highest BCUT2D eigenvalue weighted by Crippen LogP contribution is 2.29. The summed E-state index contributed by atoms with van der Waals surface area (Å²) in [6.07, 6.45) is 0.862. The summed E-state index contributed by atoms with van der Waals surface area (Å²) in [5.74, 6) is -0.143. The fraction of sp³-hybridized carbons (Fsp3) is 0.273. The molecule has 0 saturated carbocycles. The van der Waals surface area contributed by atoms with Gasteiger partial charge in [0, 0.05) is 11.6 Å². The topological polar surface area (TPSA) is 46.9 Å². The first kappa shape index (κ1) is 19.2. The number of aromatic nitrogens is 2. The van der Waals surface area contributed by atoms with Crippen LogP contribution >= 0.6 is 11.6 Å². The molecular formula is C22H24ClN3O. The summed E-state index contributed by atoms with van der Waals surface area (Å²) in [5, 5.41) is 8.38. The molecule has 0 aliphatic heterocycles. The SMILES string of the molecule is CCC(C)NC(=O)c1cc(-c2ccccc2Cl)nn1-c1cc(C)ccc1C. The summed E-state index contributed by atoms with van der Waals surface area (Å²) in [7, 11) is 0. The van der Waals surface area contributed by atoms with Crippen LogP contribution in [0.4, 0.5) is 0 Å². The van der Waals surface area contributed by atoms with Gasteiger partial charge in [0.15, 0.2) is 0 Å². The first-order chi connectivity index (χ1) is 12.9. The van der Waals surface area contributed by atoms with E-state index in [9.17, 15) is 4.79 Å². The third-order valence-corrected chi connectivity index (χ3v) is 5.00. The molecule has 1 atom stereocenters. The average Bonchev–Trinajstić information content (AvgIpc) is 3.09. The van der Waals surface area contributed by atoms with E-state index in [0.717, 1.165) is 28.8 Å². The van der Waals surface area contributed by atoms with E-state index in [-0.39, 0.29) is 11.9 Å². The van der Waals surface area contributed by atoms with Crippen molar-refractivity contribution in [2.45, 2.75) is 40.2 Å². The third-order valence-electron chi connectivity index (χ3n) is 4.67. The van der Waals surface area contributed by atoms with Gasteiger partial charge in [0.2, 0.25) is 0 Å². The van der Waals surface area contributed by atoms with E-state index in [4.69, 9.17) is 16.7 Å². The number of nitrogens with one attached hydrogen (secondary N) is 1. The Labute approximate surface area is 165 Å². The van der Waals surface area contributed by atoms with Crippen molar-refractivity contribution in [3.8, 4) is 16.9 Å². The number of carbonyl (C=O) groups is 1. The number of benzene rings is 2. The van der Waals surface area contributed by atoms with E-state index in [2.05, 4.69) is 11.4 Å². The smallest absolute Gasteiger partial charge is 0.270 e. The van der Waals surface area contributed by atoms with Gasteiger partial charge < -0.3 is 5.32 Å². The summed E-state index contributed by atoms with van der Waals surface area (Å²) in [5.41, 5.74) is 5.03. The Morgan fingerprint density at radius 3 is 2.63 bits per heavy atom. The highest BCUT2D eigenvalue weighted by atomic mass is 35.5. The Morgan fingerprint density at radius 2 is 1.93 bits per heavy atom. The number of amides is 1. The van der Waals surface area contributed by atoms with Crippen molar-refractivity contribution in [3.63, 3.8) is 0 Å². The number of aryl methyl sites for hydroxylation is 2. The van der Waals surface area contributed by atoms with Crippen LogP contribution in [-0.2, 0) is 0 Å². The van der Waals surface area contributed by atoms with Gasteiger partial charge in [-0.2, -0.15) is 5.10 Å². The van der Waals surface area contributed by atoms with Crippen molar-refractivity contribution in [1.29, 1.82) is 0 Å². The van der Waals surface area contributed by atoms with Crippen molar-refractivity contribution < 1.29 is 4.79 Å². The van der Waals surface area contributed by atoms with Crippen molar-refractivity contribution >= 4 is 17.5 Å². The fourth-order valence-electron chi connectivity index (χ4n) is 2.87. The molecule has 0 aliphatic carbocycles. The zero-order valence-corrected chi connectivity index (χ0v) is 16.8. The van der Waals surface area contributed by atoms with E-state index < -0.39 is 0 Å². The molecule has 0 spiro atoms. The number of hydrogen-bond donors (Lipinski definition) is 1. The predicted molar refractivity (Wildman–Crippen MR) is 111 cm³/mol. The molecular weight excluding hydrogens is 358 g/mol. The van der Waals surface area contributed by atoms with Gasteiger partial charge in [-0.1, -0.05) is 48.9 Å². The number of halogens is 1. The molecule has 1 amide bonds. The molecule has 27 heavy (non-hydrogen) atoms. The van der Waals surface area contributed by atoms with Gasteiger partial charge in [-0.25, -0.2) is 4.68 Å². The number of carbonyl (C=O) groups excluding carboxylic acids is 1. The van der Waals surface area contributed by atoms with Gasteiger partial charge in [0.25, 0.3) is 5.91 Å². The second-order valence-electron chi connectivity index (χ2n) is 6.88. The molecule has 0 bridgehead atoms. The van der Waals surface area contributed by atoms with Crippen molar-refractivity contribution in [1.82, 2.24) is 15.1 Å². The molecule has 5 heteroatoms. The van der Waals surface area contributed by atoms with E-state index in [1.807, 2.05) is 64.1 Å². The van der Waals surface area contributed by atoms with Crippen LogP contribution in [0.3, 0.4) is 0 Å². The van der Waals surface area contributed by atoms with Crippen LogP contribution < -0.4 is 5.32 Å². The lowest BCUT2D eigenvalue weighted by atomic mass is 10.1. The van der Waals surface area contributed by atoms with Crippen molar-refractivity contribution in [2.75, 3.05) is 0 Å². The number of hydrogen-bond acceptors (Lipinski definition) is 2. The third kappa shape index (κ3) is 4.06. The highest BCUT2D eigenvalue weighted by molar-refractivity contribution is 6.33. The molecule has 1 unspecified atom stereocenters. The largest absolute Gasteiger partial charge is 0.348 e. The van der Waals surface area contributed by atoms with Gasteiger partial charge in [-0.05, 0) is 56.5 Å². The normalized spacial score (nSPS) is 12.0. The average molecular weight is 382 g/mol. The molecule has 1 N–H and O–H groups in total. The van der Waals surface area contributed by atoms with Gasteiger partial charge >= 0.3 is 0 Å². The number of nitrogens with zero attached hydrogens (tertiary/aromatic N) is 2. The molecule has 0 fully saturated rings. The van der Waals surface area contributed by atoms with Crippen molar-refractivity contribution in [2.24, 2.45) is 0 Å². The zero-order valence-electron chi connectivity index (χ0n) is 16.1. The van der Waals surface area contributed by atoms with Crippen LogP contribution in [-0.4, -0.2) is 21.7 Å².